The molecular formula is C14H14N4O3. The Morgan fingerprint density at radius 2 is 2.14 bits per heavy atom. The van der Waals surface area contributed by atoms with E-state index >= 15 is 0 Å². The molecule has 0 unspecified atom stereocenters. The van der Waals surface area contributed by atoms with E-state index in [1.165, 1.54) is 12.1 Å². The molecule has 0 aliphatic carbocycles. The van der Waals surface area contributed by atoms with E-state index in [4.69, 9.17) is 15.4 Å². The van der Waals surface area contributed by atoms with Crippen LogP contribution in [-0.2, 0) is 10.4 Å². The highest BCUT2D eigenvalue weighted by Gasteiger charge is 2.44. The van der Waals surface area contributed by atoms with Crippen molar-refractivity contribution in [1.82, 2.24) is 5.06 Å². The third kappa shape index (κ3) is 2.84. The number of hydroxylamine groups is 2. The van der Waals surface area contributed by atoms with Crippen molar-refractivity contribution in [2.24, 2.45) is 0 Å². The van der Waals surface area contributed by atoms with Gasteiger partial charge in [-0.15, -0.1) is 0 Å². The second kappa shape index (κ2) is 5.88. The van der Waals surface area contributed by atoms with Gasteiger partial charge in [-0.05, 0) is 12.5 Å². The van der Waals surface area contributed by atoms with Gasteiger partial charge in [0.15, 0.2) is 6.10 Å². The minimum Gasteiger partial charge on any atom is -0.280 e. The van der Waals surface area contributed by atoms with E-state index in [2.05, 4.69) is 6.07 Å². The van der Waals surface area contributed by atoms with Crippen LogP contribution in [0.15, 0.2) is 24.3 Å². The van der Waals surface area contributed by atoms with E-state index in [1.54, 1.807) is 17.2 Å². The van der Waals surface area contributed by atoms with Crippen molar-refractivity contribution in [2.75, 3.05) is 6.54 Å². The molecule has 21 heavy (non-hydrogen) atoms. The molecule has 0 spiro atoms. The van der Waals surface area contributed by atoms with Crippen LogP contribution < -0.4 is 0 Å². The third-order valence-electron chi connectivity index (χ3n) is 3.66. The average Bonchev–Trinajstić information content (AvgIpc) is 2.83. The SMILES string of the molecule is C[C@@]1(c2ccc([N+](=O)[O-])cc2)C[C@H](C#N)ON1CCC#N. The summed E-state index contributed by atoms with van der Waals surface area (Å²) in [6, 6.07) is 10.3. The Bertz CT molecular complexity index is 617. The number of rotatable bonds is 4. The van der Waals surface area contributed by atoms with Gasteiger partial charge < -0.3 is 0 Å². The predicted octanol–water partition coefficient (Wildman–Crippen LogP) is 2.25. The molecule has 108 valence electrons. The van der Waals surface area contributed by atoms with Crippen molar-refractivity contribution in [3.05, 3.63) is 39.9 Å². The van der Waals surface area contributed by atoms with Crippen LogP contribution in [0.4, 0.5) is 5.69 Å². The topological polar surface area (TPSA) is 103 Å². The quantitative estimate of drug-likeness (QED) is 0.621. The smallest absolute Gasteiger partial charge is 0.269 e. The first-order valence-corrected chi connectivity index (χ1v) is 6.47. The molecule has 0 aromatic heterocycles. The van der Waals surface area contributed by atoms with E-state index in [0.29, 0.717) is 13.0 Å². The average molecular weight is 286 g/mol. The first-order chi connectivity index (χ1) is 10.0. The molecule has 0 N–H and O–H groups in total. The van der Waals surface area contributed by atoms with Crippen molar-refractivity contribution in [1.29, 1.82) is 10.5 Å². The van der Waals surface area contributed by atoms with Crippen LogP contribution in [0.3, 0.4) is 0 Å². The van der Waals surface area contributed by atoms with Crippen LogP contribution in [0.1, 0.15) is 25.3 Å². The molecule has 1 fully saturated rings. The first kappa shape index (κ1) is 14.9. The number of benzene rings is 1. The fourth-order valence-corrected chi connectivity index (χ4v) is 2.49. The normalized spacial score (nSPS) is 25.2. The molecule has 7 nitrogen and oxygen atoms in total. The van der Waals surface area contributed by atoms with Gasteiger partial charge in [-0.2, -0.15) is 15.6 Å². The zero-order valence-corrected chi connectivity index (χ0v) is 11.5. The zero-order chi connectivity index (χ0) is 15.5. The summed E-state index contributed by atoms with van der Waals surface area (Å²) in [7, 11) is 0. The number of hydrogen-bond acceptors (Lipinski definition) is 6. The Labute approximate surface area is 122 Å². The van der Waals surface area contributed by atoms with Crippen molar-refractivity contribution in [2.45, 2.75) is 31.4 Å². The number of nitriles is 2. The largest absolute Gasteiger partial charge is 0.280 e. The lowest BCUT2D eigenvalue weighted by Gasteiger charge is -2.32. The van der Waals surface area contributed by atoms with Crippen LogP contribution in [0.5, 0.6) is 0 Å². The maximum absolute atomic E-state index is 10.7. The van der Waals surface area contributed by atoms with Gasteiger partial charge in [-0.1, -0.05) is 12.1 Å². The Hall–Kier alpha value is -2.48. The summed E-state index contributed by atoms with van der Waals surface area (Å²) in [5.74, 6) is 0. The minimum absolute atomic E-state index is 0.0154. The van der Waals surface area contributed by atoms with Crippen LogP contribution in [-0.4, -0.2) is 22.6 Å². The fourth-order valence-electron chi connectivity index (χ4n) is 2.49. The fraction of sp³-hybridized carbons (Fsp3) is 0.429. The predicted molar refractivity (Wildman–Crippen MR) is 72.5 cm³/mol. The van der Waals surface area contributed by atoms with Gasteiger partial charge in [0, 0.05) is 25.1 Å². The molecule has 0 bridgehead atoms. The van der Waals surface area contributed by atoms with Gasteiger partial charge in [0.2, 0.25) is 0 Å². The van der Waals surface area contributed by atoms with E-state index in [1.807, 2.05) is 13.0 Å². The molecule has 1 heterocycles. The van der Waals surface area contributed by atoms with Crippen molar-refractivity contribution >= 4 is 5.69 Å². The molecule has 2 rings (SSSR count). The molecular weight excluding hydrogens is 272 g/mol. The molecule has 0 amide bonds. The molecule has 1 saturated heterocycles. The lowest BCUT2D eigenvalue weighted by molar-refractivity contribution is -0.384. The number of non-ortho nitro benzene ring substituents is 1. The summed E-state index contributed by atoms with van der Waals surface area (Å²) >= 11 is 0. The minimum atomic E-state index is -0.580. The third-order valence-corrected chi connectivity index (χ3v) is 3.66. The second-order valence-corrected chi connectivity index (χ2v) is 5.02. The summed E-state index contributed by atoms with van der Waals surface area (Å²) in [6.07, 6.45) is 0.150. The van der Waals surface area contributed by atoms with E-state index < -0.39 is 16.6 Å². The Morgan fingerprint density at radius 3 is 2.67 bits per heavy atom. The number of nitro groups is 1. The number of nitro benzene ring substituents is 1. The summed E-state index contributed by atoms with van der Waals surface area (Å²) in [4.78, 5) is 15.8. The number of nitrogens with zero attached hydrogens (tertiary/aromatic N) is 4. The van der Waals surface area contributed by atoms with Crippen LogP contribution >= 0.6 is 0 Å². The lowest BCUT2D eigenvalue weighted by atomic mass is 9.87. The summed E-state index contributed by atoms with van der Waals surface area (Å²) in [6.45, 7) is 2.28. The van der Waals surface area contributed by atoms with E-state index in [-0.39, 0.29) is 12.1 Å². The molecule has 1 aliphatic heterocycles. The molecule has 7 heteroatoms. The maximum Gasteiger partial charge on any atom is 0.269 e. The summed E-state index contributed by atoms with van der Waals surface area (Å²) < 4.78 is 0. The van der Waals surface area contributed by atoms with Crippen LogP contribution in [0.2, 0.25) is 0 Å². The van der Waals surface area contributed by atoms with Gasteiger partial charge in [-0.25, -0.2) is 0 Å². The molecule has 1 aliphatic rings. The number of hydrogen-bond donors (Lipinski definition) is 0. The molecule has 1 aromatic rings. The van der Waals surface area contributed by atoms with Crippen molar-refractivity contribution in [3.63, 3.8) is 0 Å². The zero-order valence-electron chi connectivity index (χ0n) is 11.5. The van der Waals surface area contributed by atoms with Crippen LogP contribution in [0, 0.1) is 32.8 Å². The lowest BCUT2D eigenvalue weighted by Crippen LogP contribution is -2.38. The van der Waals surface area contributed by atoms with Crippen LogP contribution in [0.25, 0.3) is 0 Å². The Morgan fingerprint density at radius 1 is 1.48 bits per heavy atom. The first-order valence-electron chi connectivity index (χ1n) is 6.47. The summed E-state index contributed by atoms with van der Waals surface area (Å²) in [5.41, 5.74) is 0.261. The second-order valence-electron chi connectivity index (χ2n) is 5.02. The molecule has 2 atom stereocenters. The van der Waals surface area contributed by atoms with Gasteiger partial charge in [-0.3, -0.25) is 15.0 Å². The monoisotopic (exact) mass is 286 g/mol. The van der Waals surface area contributed by atoms with Crippen molar-refractivity contribution < 1.29 is 9.76 Å². The highest BCUT2D eigenvalue weighted by atomic mass is 16.7. The van der Waals surface area contributed by atoms with E-state index in [0.717, 1.165) is 5.56 Å². The summed E-state index contributed by atoms with van der Waals surface area (Å²) in [5, 5.41) is 30.1. The highest BCUT2D eigenvalue weighted by molar-refractivity contribution is 5.36. The molecule has 0 radical (unpaired) electrons. The molecule has 0 saturated carbocycles. The Kier molecular flexibility index (Phi) is 4.18. The standard InChI is InChI=1S/C14H14N4O3/c1-14(11-3-5-12(6-4-11)18(19)20)9-13(10-16)21-17(14)8-2-7-15/h3-6,13H,2,8-9H2,1H3/t13-,14+/m1/s1. The Balaban J connectivity index is 2.30. The van der Waals surface area contributed by atoms with Gasteiger partial charge in [0.1, 0.15) is 0 Å². The highest BCUT2D eigenvalue weighted by Crippen LogP contribution is 2.40. The van der Waals surface area contributed by atoms with Gasteiger partial charge in [0.25, 0.3) is 5.69 Å². The maximum atomic E-state index is 10.7. The van der Waals surface area contributed by atoms with Gasteiger partial charge >= 0.3 is 0 Å². The van der Waals surface area contributed by atoms with Gasteiger partial charge in [0.05, 0.1) is 29.0 Å². The van der Waals surface area contributed by atoms with Crippen molar-refractivity contribution in [3.8, 4) is 12.1 Å². The molecule has 1 aromatic carbocycles. The van der Waals surface area contributed by atoms with E-state index in [9.17, 15) is 10.1 Å².